The lowest BCUT2D eigenvalue weighted by Crippen LogP contribution is -2.34. The number of carbonyl (C=O) groups is 1. The predicted octanol–water partition coefficient (Wildman–Crippen LogP) is 2.79. The van der Waals surface area contributed by atoms with E-state index in [1.54, 1.807) is 42.7 Å². The summed E-state index contributed by atoms with van der Waals surface area (Å²) >= 11 is 1.67. The second-order valence-corrected chi connectivity index (χ2v) is 5.75. The number of hydrogen-bond donors (Lipinski definition) is 1. The van der Waals surface area contributed by atoms with E-state index in [9.17, 15) is 4.79 Å². The monoisotopic (exact) mass is 304 g/mol. The van der Waals surface area contributed by atoms with Crippen LogP contribution in [0.1, 0.15) is 22.0 Å². The summed E-state index contributed by atoms with van der Waals surface area (Å²) in [4.78, 5) is 14.3. The fourth-order valence-corrected chi connectivity index (χ4v) is 2.80. The number of ether oxygens (including phenoxy) is 1. The SMILES string of the molecule is COc1ccc(C(=O)NC[C@H](c2ccsc2)N(C)C)cc1. The number of likely N-dealkylation sites (N-methyl/N-ethyl adjacent to an activating group) is 1. The van der Waals surface area contributed by atoms with Crippen molar-refractivity contribution < 1.29 is 9.53 Å². The van der Waals surface area contributed by atoms with Gasteiger partial charge in [0.15, 0.2) is 0 Å². The standard InChI is InChI=1S/C16H20N2O2S/c1-18(2)15(13-8-9-21-11-13)10-17-16(19)12-4-6-14(20-3)7-5-12/h4-9,11,15H,10H2,1-3H3,(H,17,19)/t15-/m1/s1. The molecule has 2 aromatic rings. The Morgan fingerprint density at radius 1 is 1.29 bits per heavy atom. The first-order valence-electron chi connectivity index (χ1n) is 6.72. The molecule has 0 aliphatic heterocycles. The molecular formula is C16H20N2O2S. The van der Waals surface area contributed by atoms with Crippen LogP contribution in [-0.4, -0.2) is 38.6 Å². The molecule has 1 aromatic carbocycles. The molecule has 0 spiro atoms. The average Bonchev–Trinajstić information content (AvgIpc) is 3.01. The van der Waals surface area contributed by atoms with Gasteiger partial charge in [-0.3, -0.25) is 4.79 Å². The van der Waals surface area contributed by atoms with Crippen LogP contribution in [0.3, 0.4) is 0 Å². The summed E-state index contributed by atoms with van der Waals surface area (Å²) in [5.74, 6) is 0.677. The van der Waals surface area contributed by atoms with Crippen LogP contribution in [-0.2, 0) is 0 Å². The maximum atomic E-state index is 12.2. The van der Waals surface area contributed by atoms with Crippen LogP contribution in [0, 0.1) is 0 Å². The largest absolute Gasteiger partial charge is 0.497 e. The van der Waals surface area contributed by atoms with Gasteiger partial charge in [0, 0.05) is 12.1 Å². The lowest BCUT2D eigenvalue weighted by molar-refractivity contribution is 0.0942. The maximum absolute atomic E-state index is 12.2. The second-order valence-electron chi connectivity index (χ2n) is 4.97. The van der Waals surface area contributed by atoms with Crippen molar-refractivity contribution in [1.29, 1.82) is 0 Å². The maximum Gasteiger partial charge on any atom is 0.251 e. The van der Waals surface area contributed by atoms with Crippen molar-refractivity contribution >= 4 is 17.2 Å². The summed E-state index contributed by atoms with van der Waals surface area (Å²) < 4.78 is 5.09. The van der Waals surface area contributed by atoms with Gasteiger partial charge in [0.1, 0.15) is 5.75 Å². The molecule has 0 aliphatic rings. The zero-order valence-corrected chi connectivity index (χ0v) is 13.3. The minimum absolute atomic E-state index is 0.0697. The number of amides is 1. The molecule has 21 heavy (non-hydrogen) atoms. The van der Waals surface area contributed by atoms with Crippen molar-refractivity contribution in [3.05, 3.63) is 52.2 Å². The van der Waals surface area contributed by atoms with Crippen LogP contribution in [0.15, 0.2) is 41.1 Å². The van der Waals surface area contributed by atoms with Crippen molar-refractivity contribution in [3.8, 4) is 5.75 Å². The van der Waals surface area contributed by atoms with E-state index in [1.165, 1.54) is 5.56 Å². The van der Waals surface area contributed by atoms with E-state index in [0.717, 1.165) is 5.75 Å². The fraction of sp³-hybridized carbons (Fsp3) is 0.312. The van der Waals surface area contributed by atoms with E-state index in [4.69, 9.17) is 4.74 Å². The number of hydrogen-bond acceptors (Lipinski definition) is 4. The molecule has 1 aromatic heterocycles. The van der Waals surface area contributed by atoms with Gasteiger partial charge in [0.2, 0.25) is 0 Å². The molecule has 4 nitrogen and oxygen atoms in total. The Balaban J connectivity index is 1.98. The van der Waals surface area contributed by atoms with E-state index in [-0.39, 0.29) is 11.9 Å². The van der Waals surface area contributed by atoms with Gasteiger partial charge in [0.25, 0.3) is 5.91 Å². The molecule has 112 valence electrons. The van der Waals surface area contributed by atoms with E-state index < -0.39 is 0 Å². The summed E-state index contributed by atoms with van der Waals surface area (Å²) in [5.41, 5.74) is 1.86. The molecule has 0 unspecified atom stereocenters. The zero-order chi connectivity index (χ0) is 15.2. The number of carbonyl (C=O) groups excluding carboxylic acids is 1. The van der Waals surface area contributed by atoms with Crippen LogP contribution < -0.4 is 10.1 Å². The van der Waals surface area contributed by atoms with Crippen molar-refractivity contribution in [2.45, 2.75) is 6.04 Å². The minimum atomic E-state index is -0.0697. The highest BCUT2D eigenvalue weighted by atomic mass is 32.1. The highest BCUT2D eigenvalue weighted by molar-refractivity contribution is 7.07. The number of methoxy groups -OCH3 is 1. The van der Waals surface area contributed by atoms with Gasteiger partial charge in [-0.2, -0.15) is 11.3 Å². The first-order valence-corrected chi connectivity index (χ1v) is 7.67. The van der Waals surface area contributed by atoms with Gasteiger partial charge in [-0.25, -0.2) is 0 Å². The third-order valence-electron chi connectivity index (χ3n) is 3.36. The Morgan fingerprint density at radius 3 is 2.52 bits per heavy atom. The van der Waals surface area contributed by atoms with Crippen LogP contribution in [0.2, 0.25) is 0 Å². The first kappa shape index (κ1) is 15.5. The Hall–Kier alpha value is -1.85. The number of thiophene rings is 1. The number of benzene rings is 1. The van der Waals surface area contributed by atoms with E-state index >= 15 is 0 Å². The Labute approximate surface area is 129 Å². The Bertz CT molecular complexity index is 564. The van der Waals surface area contributed by atoms with Gasteiger partial charge >= 0.3 is 0 Å². The quantitative estimate of drug-likeness (QED) is 0.892. The number of nitrogens with zero attached hydrogens (tertiary/aromatic N) is 1. The lowest BCUT2D eigenvalue weighted by atomic mass is 10.1. The van der Waals surface area contributed by atoms with Crippen molar-refractivity contribution in [2.24, 2.45) is 0 Å². The summed E-state index contributed by atoms with van der Waals surface area (Å²) in [6.45, 7) is 0.578. The Morgan fingerprint density at radius 2 is 2.00 bits per heavy atom. The molecule has 0 fully saturated rings. The molecule has 0 saturated heterocycles. The minimum Gasteiger partial charge on any atom is -0.497 e. The highest BCUT2D eigenvalue weighted by Gasteiger charge is 2.16. The smallest absolute Gasteiger partial charge is 0.251 e. The van der Waals surface area contributed by atoms with Crippen LogP contribution in [0.4, 0.5) is 0 Å². The van der Waals surface area contributed by atoms with Gasteiger partial charge in [0.05, 0.1) is 13.2 Å². The molecule has 1 N–H and O–H groups in total. The second kappa shape index (κ2) is 7.24. The van der Waals surface area contributed by atoms with E-state index in [0.29, 0.717) is 12.1 Å². The number of nitrogens with one attached hydrogen (secondary N) is 1. The zero-order valence-electron chi connectivity index (χ0n) is 12.5. The topological polar surface area (TPSA) is 41.6 Å². The van der Waals surface area contributed by atoms with E-state index in [2.05, 4.69) is 27.0 Å². The van der Waals surface area contributed by atoms with Crippen molar-refractivity contribution in [1.82, 2.24) is 10.2 Å². The summed E-state index contributed by atoms with van der Waals surface area (Å²) in [7, 11) is 5.64. The Kier molecular flexibility index (Phi) is 5.36. The molecule has 0 saturated carbocycles. The van der Waals surface area contributed by atoms with Crippen LogP contribution in [0.25, 0.3) is 0 Å². The van der Waals surface area contributed by atoms with Crippen LogP contribution in [0.5, 0.6) is 5.75 Å². The predicted molar refractivity (Wildman–Crippen MR) is 86.1 cm³/mol. The van der Waals surface area contributed by atoms with Crippen molar-refractivity contribution in [3.63, 3.8) is 0 Å². The molecule has 0 radical (unpaired) electrons. The molecule has 5 heteroatoms. The van der Waals surface area contributed by atoms with E-state index in [1.807, 2.05) is 14.1 Å². The molecule has 0 aliphatic carbocycles. The molecule has 2 rings (SSSR count). The fourth-order valence-electron chi connectivity index (χ4n) is 2.10. The number of rotatable bonds is 6. The van der Waals surface area contributed by atoms with Crippen molar-refractivity contribution in [2.75, 3.05) is 27.7 Å². The van der Waals surface area contributed by atoms with Gasteiger partial charge < -0.3 is 15.0 Å². The summed E-state index contributed by atoms with van der Waals surface area (Å²) in [6.07, 6.45) is 0. The molecule has 0 bridgehead atoms. The first-order chi connectivity index (χ1) is 10.1. The summed E-state index contributed by atoms with van der Waals surface area (Å²) in [5, 5.41) is 7.16. The van der Waals surface area contributed by atoms with Crippen LogP contribution >= 0.6 is 11.3 Å². The molecule has 1 amide bonds. The third kappa shape index (κ3) is 4.06. The van der Waals surface area contributed by atoms with Gasteiger partial charge in [-0.1, -0.05) is 0 Å². The van der Waals surface area contributed by atoms with Gasteiger partial charge in [-0.05, 0) is 60.8 Å². The molecule has 1 heterocycles. The molecular weight excluding hydrogens is 284 g/mol. The molecule has 1 atom stereocenters. The van der Waals surface area contributed by atoms with Gasteiger partial charge in [-0.15, -0.1) is 0 Å². The lowest BCUT2D eigenvalue weighted by Gasteiger charge is -2.24. The highest BCUT2D eigenvalue weighted by Crippen LogP contribution is 2.20. The third-order valence-corrected chi connectivity index (χ3v) is 4.06. The normalized spacial score (nSPS) is 12.2. The summed E-state index contributed by atoms with van der Waals surface area (Å²) in [6, 6.07) is 9.38. The average molecular weight is 304 g/mol.